The molecule has 0 radical (unpaired) electrons. The minimum atomic E-state index is -3.96. The van der Waals surface area contributed by atoms with Crippen LogP contribution in [0.15, 0.2) is 45.9 Å². The second kappa shape index (κ2) is 6.06. The Bertz CT molecular complexity index is 742. The fourth-order valence-corrected chi connectivity index (χ4v) is 2.22. The Kier molecular flexibility index (Phi) is 4.39. The van der Waals surface area contributed by atoms with Gasteiger partial charge in [-0.1, -0.05) is 0 Å². The van der Waals surface area contributed by atoms with E-state index in [0.29, 0.717) is 12.2 Å². The van der Waals surface area contributed by atoms with Crippen LogP contribution in [0.4, 0.5) is 10.1 Å². The molecule has 1 aromatic heterocycles. The summed E-state index contributed by atoms with van der Waals surface area (Å²) in [5.41, 5.74) is -0.231. The number of nitrogens with one attached hydrogen (secondary N) is 1. The fraction of sp³-hybridized carbons (Fsp3) is 0.154. The first-order chi connectivity index (χ1) is 9.86. The van der Waals surface area contributed by atoms with Gasteiger partial charge in [-0.25, -0.2) is 17.9 Å². The number of anilines is 1. The average Bonchev–Trinajstić information content (AvgIpc) is 2.91. The van der Waals surface area contributed by atoms with Crippen LogP contribution < -0.4 is 10.5 Å². The number of halogens is 1. The zero-order valence-corrected chi connectivity index (χ0v) is 11.7. The molecule has 0 bridgehead atoms. The van der Waals surface area contributed by atoms with Gasteiger partial charge in [-0.05, 0) is 30.3 Å². The third kappa shape index (κ3) is 4.14. The monoisotopic (exact) mass is 312 g/mol. The summed E-state index contributed by atoms with van der Waals surface area (Å²) in [5, 5.41) is 7.26. The Morgan fingerprint density at radius 2 is 2.10 bits per heavy atom. The molecular formula is C13H13FN2O4S. The molecule has 6 nitrogen and oxygen atoms in total. The Labute approximate surface area is 120 Å². The van der Waals surface area contributed by atoms with Gasteiger partial charge in [0.1, 0.15) is 11.6 Å². The van der Waals surface area contributed by atoms with Gasteiger partial charge in [0, 0.05) is 12.8 Å². The van der Waals surface area contributed by atoms with Crippen LogP contribution in [0.25, 0.3) is 0 Å². The Morgan fingerprint density at radius 1 is 1.33 bits per heavy atom. The Hall–Kier alpha value is -2.19. The molecule has 21 heavy (non-hydrogen) atoms. The topological polar surface area (TPSA) is 102 Å². The molecule has 2 aromatic rings. The molecule has 1 heterocycles. The number of carbonyl (C=O) groups excluding carboxylic acids is 1. The van der Waals surface area contributed by atoms with Gasteiger partial charge in [0.25, 0.3) is 0 Å². The minimum Gasteiger partial charge on any atom is -0.469 e. The van der Waals surface area contributed by atoms with Gasteiger partial charge in [-0.15, -0.1) is 0 Å². The summed E-state index contributed by atoms with van der Waals surface area (Å²) < 4.78 is 41.0. The third-order valence-electron chi connectivity index (χ3n) is 2.72. The molecule has 0 aliphatic carbocycles. The molecule has 1 aromatic carbocycles. The summed E-state index contributed by atoms with van der Waals surface area (Å²) in [6, 6.07) is 6.36. The molecule has 112 valence electrons. The second-order valence-corrected chi connectivity index (χ2v) is 5.88. The summed E-state index contributed by atoms with van der Waals surface area (Å²) in [6.45, 7) is 0. The van der Waals surface area contributed by atoms with Crippen LogP contribution in [0.2, 0.25) is 0 Å². The van der Waals surface area contributed by atoms with E-state index in [1.54, 1.807) is 12.1 Å². The predicted molar refractivity (Wildman–Crippen MR) is 73.4 cm³/mol. The quantitative estimate of drug-likeness (QED) is 0.876. The van der Waals surface area contributed by atoms with Crippen molar-refractivity contribution in [3.05, 3.63) is 48.2 Å². The highest BCUT2D eigenvalue weighted by atomic mass is 32.2. The number of hydrogen-bond acceptors (Lipinski definition) is 4. The van der Waals surface area contributed by atoms with Crippen molar-refractivity contribution in [1.29, 1.82) is 0 Å². The molecule has 0 fully saturated rings. The lowest BCUT2D eigenvalue weighted by Crippen LogP contribution is -2.16. The van der Waals surface area contributed by atoms with Crippen molar-refractivity contribution in [3.8, 4) is 0 Å². The van der Waals surface area contributed by atoms with Gasteiger partial charge in [-0.3, -0.25) is 4.79 Å². The molecule has 8 heteroatoms. The summed E-state index contributed by atoms with van der Waals surface area (Å²) in [5.74, 6) is -0.575. The normalized spacial score (nSPS) is 11.3. The molecule has 0 saturated carbocycles. The summed E-state index contributed by atoms with van der Waals surface area (Å²) >= 11 is 0. The highest BCUT2D eigenvalue weighted by Gasteiger charge is 2.13. The molecule has 0 aliphatic heterocycles. The number of carbonyl (C=O) groups is 1. The largest absolute Gasteiger partial charge is 0.469 e. The van der Waals surface area contributed by atoms with E-state index < -0.39 is 21.7 Å². The van der Waals surface area contributed by atoms with E-state index in [0.717, 1.165) is 18.2 Å². The van der Waals surface area contributed by atoms with Gasteiger partial charge < -0.3 is 9.73 Å². The highest BCUT2D eigenvalue weighted by Crippen LogP contribution is 2.19. The maximum absolute atomic E-state index is 13.6. The van der Waals surface area contributed by atoms with E-state index >= 15 is 0 Å². The Balaban J connectivity index is 2.06. The number of sulfonamides is 1. The first kappa shape index (κ1) is 15.2. The lowest BCUT2D eigenvalue weighted by molar-refractivity contribution is -0.116. The van der Waals surface area contributed by atoms with E-state index in [4.69, 9.17) is 9.56 Å². The van der Waals surface area contributed by atoms with Crippen LogP contribution in [0.5, 0.6) is 0 Å². The molecule has 0 unspecified atom stereocenters. The van der Waals surface area contributed by atoms with E-state index in [9.17, 15) is 17.6 Å². The van der Waals surface area contributed by atoms with Crippen molar-refractivity contribution in [2.24, 2.45) is 5.14 Å². The minimum absolute atomic E-state index is 0.0759. The van der Waals surface area contributed by atoms with Crippen LogP contribution >= 0.6 is 0 Å². The van der Waals surface area contributed by atoms with Crippen molar-refractivity contribution >= 4 is 21.6 Å². The van der Waals surface area contributed by atoms with Gasteiger partial charge in [-0.2, -0.15) is 0 Å². The predicted octanol–water partition coefficient (Wildman–Crippen LogP) is 1.64. The van der Waals surface area contributed by atoms with Gasteiger partial charge >= 0.3 is 0 Å². The maximum Gasteiger partial charge on any atom is 0.238 e. The van der Waals surface area contributed by atoms with Gasteiger partial charge in [0.2, 0.25) is 15.9 Å². The van der Waals surface area contributed by atoms with E-state index in [-0.39, 0.29) is 17.0 Å². The number of rotatable bonds is 5. The molecule has 1 amide bonds. The number of nitrogens with two attached hydrogens (primary N) is 1. The van der Waals surface area contributed by atoms with Gasteiger partial charge in [0.05, 0.1) is 16.8 Å². The maximum atomic E-state index is 13.6. The van der Waals surface area contributed by atoms with E-state index in [1.807, 2.05) is 0 Å². The second-order valence-electron chi connectivity index (χ2n) is 4.31. The Morgan fingerprint density at radius 3 is 2.71 bits per heavy atom. The smallest absolute Gasteiger partial charge is 0.238 e. The number of benzene rings is 1. The lowest BCUT2D eigenvalue weighted by atomic mass is 10.2. The molecule has 2 rings (SSSR count). The van der Waals surface area contributed by atoms with Crippen molar-refractivity contribution < 1.29 is 22.0 Å². The number of furan rings is 1. The molecule has 3 N–H and O–H groups in total. The molecule has 0 aliphatic rings. The van der Waals surface area contributed by atoms with Crippen molar-refractivity contribution in [1.82, 2.24) is 0 Å². The molecule has 0 spiro atoms. The standard InChI is InChI=1S/C13H13FN2O4S/c14-11-5-4-10(21(15,18)19)8-12(11)16-13(17)6-3-9-2-1-7-20-9/h1-2,4-5,7-8H,3,6H2,(H,16,17)(H2,15,18,19). The van der Waals surface area contributed by atoms with E-state index in [2.05, 4.69) is 5.32 Å². The summed E-state index contributed by atoms with van der Waals surface area (Å²) in [4.78, 5) is 11.4. The average molecular weight is 312 g/mol. The van der Waals surface area contributed by atoms with Crippen molar-refractivity contribution in [2.45, 2.75) is 17.7 Å². The van der Waals surface area contributed by atoms with Crippen molar-refractivity contribution in [3.63, 3.8) is 0 Å². The number of primary sulfonamides is 1. The van der Waals surface area contributed by atoms with Crippen LogP contribution in [-0.4, -0.2) is 14.3 Å². The van der Waals surface area contributed by atoms with Crippen LogP contribution in [0, 0.1) is 5.82 Å². The van der Waals surface area contributed by atoms with E-state index in [1.165, 1.54) is 6.26 Å². The first-order valence-corrected chi connectivity index (χ1v) is 7.55. The van der Waals surface area contributed by atoms with Crippen LogP contribution in [0.3, 0.4) is 0 Å². The third-order valence-corrected chi connectivity index (χ3v) is 3.63. The summed E-state index contributed by atoms with van der Waals surface area (Å²) in [6.07, 6.45) is 1.92. The van der Waals surface area contributed by atoms with Gasteiger partial charge in [0.15, 0.2) is 0 Å². The molecule has 0 saturated heterocycles. The zero-order valence-electron chi connectivity index (χ0n) is 10.9. The van der Waals surface area contributed by atoms with Crippen LogP contribution in [0.1, 0.15) is 12.2 Å². The highest BCUT2D eigenvalue weighted by molar-refractivity contribution is 7.89. The zero-order chi connectivity index (χ0) is 15.5. The van der Waals surface area contributed by atoms with Crippen LogP contribution in [-0.2, 0) is 21.2 Å². The summed E-state index contributed by atoms with van der Waals surface area (Å²) in [7, 11) is -3.96. The molecule has 0 atom stereocenters. The first-order valence-electron chi connectivity index (χ1n) is 6.01. The SMILES string of the molecule is NS(=O)(=O)c1ccc(F)c(NC(=O)CCc2ccco2)c1. The van der Waals surface area contributed by atoms with Crippen molar-refractivity contribution in [2.75, 3.05) is 5.32 Å². The number of aryl methyl sites for hydroxylation is 1. The number of amides is 1. The lowest BCUT2D eigenvalue weighted by Gasteiger charge is -2.07. The fourth-order valence-electron chi connectivity index (χ4n) is 1.68. The molecular weight excluding hydrogens is 299 g/mol. The number of hydrogen-bond donors (Lipinski definition) is 2.